The molecule has 1 atom stereocenters. The van der Waals surface area contributed by atoms with Crippen molar-refractivity contribution >= 4 is 28.9 Å². The lowest BCUT2D eigenvalue weighted by atomic mass is 10.0. The van der Waals surface area contributed by atoms with Gasteiger partial charge in [-0.25, -0.2) is 4.79 Å². The second-order valence-electron chi connectivity index (χ2n) is 4.31. The zero-order chi connectivity index (χ0) is 13.9. The van der Waals surface area contributed by atoms with Crippen molar-refractivity contribution in [2.24, 2.45) is 5.92 Å². The van der Waals surface area contributed by atoms with E-state index in [0.29, 0.717) is 11.3 Å². The first-order valence-electron chi connectivity index (χ1n) is 5.45. The van der Waals surface area contributed by atoms with Gasteiger partial charge in [-0.1, -0.05) is 26.1 Å². The number of thiocarbonyl (C=S) groups is 1. The molecule has 0 aliphatic heterocycles. The number of nitrogens with one attached hydrogen (secondary N) is 1. The molecule has 1 rings (SSSR count). The minimum Gasteiger partial charge on any atom is -0.507 e. The zero-order valence-electron chi connectivity index (χ0n) is 10.2. The van der Waals surface area contributed by atoms with Gasteiger partial charge >= 0.3 is 5.97 Å². The van der Waals surface area contributed by atoms with Gasteiger partial charge in [0, 0.05) is 5.69 Å². The first-order valence-corrected chi connectivity index (χ1v) is 5.86. The van der Waals surface area contributed by atoms with Crippen LogP contribution in [0, 0.1) is 5.92 Å². The Balaban J connectivity index is 2.94. The van der Waals surface area contributed by atoms with Crippen molar-refractivity contribution in [3.63, 3.8) is 0 Å². The molecule has 0 bridgehead atoms. The van der Waals surface area contributed by atoms with Crippen molar-refractivity contribution in [2.45, 2.75) is 19.9 Å². The molecule has 0 aromatic heterocycles. The number of carboxylic acids is 1. The lowest BCUT2D eigenvalue weighted by Crippen LogP contribution is -2.43. The molecule has 0 saturated heterocycles. The number of phenols is 1. The topological polar surface area (TPSA) is 95.6 Å². The average molecular weight is 268 g/mol. The first kappa shape index (κ1) is 14.2. The number of nitrogens with two attached hydrogens (primary N) is 1. The highest BCUT2D eigenvalue weighted by molar-refractivity contribution is 7.80. The number of aromatic hydroxyl groups is 1. The van der Waals surface area contributed by atoms with Crippen LogP contribution in [0.15, 0.2) is 18.2 Å². The summed E-state index contributed by atoms with van der Waals surface area (Å²) in [6.07, 6.45) is 0. The summed E-state index contributed by atoms with van der Waals surface area (Å²) in [6.45, 7) is 3.54. The summed E-state index contributed by atoms with van der Waals surface area (Å²) in [6, 6.07) is 3.66. The normalized spacial score (nSPS) is 12.2. The Hall–Kier alpha value is -1.82. The van der Waals surface area contributed by atoms with E-state index in [4.69, 9.17) is 23.1 Å². The predicted octanol–water partition coefficient (Wildman–Crippen LogP) is 1.35. The standard InChI is InChI=1S/C12H16N2O3S/c1-6(2)10(12(16)17)14-11(18)8-5-7(13)3-4-9(8)15/h3-6,10,15H,13H2,1-2H3,(H,14,18)(H,16,17)/t10-/m0/s1. The first-order chi connectivity index (χ1) is 8.32. The summed E-state index contributed by atoms with van der Waals surface area (Å²) in [4.78, 5) is 11.2. The van der Waals surface area contributed by atoms with Crippen LogP contribution in [0.3, 0.4) is 0 Å². The number of hydrogen-bond donors (Lipinski definition) is 4. The van der Waals surface area contributed by atoms with Crippen LogP contribution in [0.5, 0.6) is 5.75 Å². The van der Waals surface area contributed by atoms with E-state index >= 15 is 0 Å². The van der Waals surface area contributed by atoms with E-state index in [0.717, 1.165) is 0 Å². The van der Waals surface area contributed by atoms with Crippen LogP contribution in [-0.4, -0.2) is 27.2 Å². The zero-order valence-corrected chi connectivity index (χ0v) is 11.0. The third-order valence-electron chi connectivity index (χ3n) is 2.48. The van der Waals surface area contributed by atoms with E-state index in [1.807, 2.05) is 0 Å². The van der Waals surface area contributed by atoms with Crippen molar-refractivity contribution in [1.29, 1.82) is 0 Å². The number of carbonyl (C=O) groups is 1. The Morgan fingerprint density at radius 3 is 2.56 bits per heavy atom. The maximum Gasteiger partial charge on any atom is 0.326 e. The van der Waals surface area contributed by atoms with Crippen LogP contribution in [0.2, 0.25) is 0 Å². The second kappa shape index (κ2) is 5.68. The van der Waals surface area contributed by atoms with E-state index in [1.54, 1.807) is 19.9 Å². The van der Waals surface area contributed by atoms with E-state index in [9.17, 15) is 9.90 Å². The lowest BCUT2D eigenvalue weighted by molar-refractivity contribution is -0.140. The van der Waals surface area contributed by atoms with Gasteiger partial charge in [-0.15, -0.1) is 0 Å². The van der Waals surface area contributed by atoms with Crippen LogP contribution < -0.4 is 11.1 Å². The maximum absolute atomic E-state index is 11.1. The molecule has 6 heteroatoms. The fourth-order valence-corrected chi connectivity index (χ4v) is 1.76. The largest absolute Gasteiger partial charge is 0.507 e. The Labute approximate surface area is 111 Å². The molecule has 0 radical (unpaired) electrons. The van der Waals surface area contributed by atoms with Gasteiger partial charge in [0.25, 0.3) is 0 Å². The van der Waals surface area contributed by atoms with Gasteiger partial charge in [-0.05, 0) is 24.1 Å². The molecule has 0 aliphatic rings. The highest BCUT2D eigenvalue weighted by atomic mass is 32.1. The Morgan fingerprint density at radius 2 is 2.06 bits per heavy atom. The van der Waals surface area contributed by atoms with Crippen molar-refractivity contribution in [1.82, 2.24) is 5.32 Å². The monoisotopic (exact) mass is 268 g/mol. The number of benzene rings is 1. The van der Waals surface area contributed by atoms with Crippen LogP contribution in [0.25, 0.3) is 0 Å². The number of phenolic OH excluding ortho intramolecular Hbond substituents is 1. The smallest absolute Gasteiger partial charge is 0.326 e. The Kier molecular flexibility index (Phi) is 4.49. The van der Waals surface area contributed by atoms with Crippen molar-refractivity contribution < 1.29 is 15.0 Å². The molecular weight excluding hydrogens is 252 g/mol. The third-order valence-corrected chi connectivity index (χ3v) is 2.82. The van der Waals surface area contributed by atoms with E-state index in [-0.39, 0.29) is 16.7 Å². The molecule has 98 valence electrons. The molecule has 0 spiro atoms. The summed E-state index contributed by atoms with van der Waals surface area (Å²) in [7, 11) is 0. The van der Waals surface area contributed by atoms with E-state index < -0.39 is 12.0 Å². The summed E-state index contributed by atoms with van der Waals surface area (Å²) >= 11 is 5.09. The van der Waals surface area contributed by atoms with E-state index in [2.05, 4.69) is 5.32 Å². The van der Waals surface area contributed by atoms with Gasteiger partial charge in [0.2, 0.25) is 0 Å². The van der Waals surface area contributed by atoms with Crippen LogP contribution in [-0.2, 0) is 4.79 Å². The van der Waals surface area contributed by atoms with Crippen molar-refractivity contribution in [3.8, 4) is 5.75 Å². The van der Waals surface area contributed by atoms with Gasteiger partial charge in [0.15, 0.2) is 0 Å². The molecular formula is C12H16N2O3S. The minimum atomic E-state index is -0.990. The quantitative estimate of drug-likeness (QED) is 0.374. The lowest BCUT2D eigenvalue weighted by Gasteiger charge is -2.20. The fraction of sp³-hybridized carbons (Fsp3) is 0.333. The third kappa shape index (κ3) is 3.33. The van der Waals surface area contributed by atoms with Crippen LogP contribution >= 0.6 is 12.2 Å². The molecule has 0 aliphatic carbocycles. The molecule has 5 N–H and O–H groups in total. The minimum absolute atomic E-state index is 0.0328. The number of rotatable bonds is 4. The highest BCUT2D eigenvalue weighted by Crippen LogP contribution is 2.20. The fourth-order valence-electron chi connectivity index (χ4n) is 1.47. The van der Waals surface area contributed by atoms with Gasteiger partial charge < -0.3 is 21.3 Å². The summed E-state index contributed by atoms with van der Waals surface area (Å²) in [5.41, 5.74) is 6.38. The van der Waals surface area contributed by atoms with Gasteiger partial charge in [-0.3, -0.25) is 0 Å². The summed E-state index contributed by atoms with van der Waals surface area (Å²) in [5.74, 6) is -1.16. The van der Waals surface area contributed by atoms with Crippen molar-refractivity contribution in [3.05, 3.63) is 23.8 Å². The maximum atomic E-state index is 11.1. The number of hydrogen-bond acceptors (Lipinski definition) is 4. The Morgan fingerprint density at radius 1 is 1.44 bits per heavy atom. The molecule has 0 saturated carbocycles. The van der Waals surface area contributed by atoms with Gasteiger partial charge in [0.1, 0.15) is 16.8 Å². The highest BCUT2D eigenvalue weighted by Gasteiger charge is 2.23. The van der Waals surface area contributed by atoms with Crippen LogP contribution in [0.1, 0.15) is 19.4 Å². The number of anilines is 1. The molecule has 1 aromatic carbocycles. The van der Waals surface area contributed by atoms with Crippen LogP contribution in [0.4, 0.5) is 5.69 Å². The molecule has 0 amide bonds. The van der Waals surface area contributed by atoms with Gasteiger partial charge in [-0.2, -0.15) is 0 Å². The molecule has 5 nitrogen and oxygen atoms in total. The number of carboxylic acid groups (broad SMARTS) is 1. The molecule has 0 fully saturated rings. The summed E-state index contributed by atoms with van der Waals surface area (Å²) in [5, 5.41) is 21.4. The van der Waals surface area contributed by atoms with Crippen molar-refractivity contribution in [2.75, 3.05) is 5.73 Å². The molecule has 0 unspecified atom stereocenters. The van der Waals surface area contributed by atoms with Gasteiger partial charge in [0.05, 0.1) is 5.56 Å². The predicted molar refractivity (Wildman–Crippen MR) is 73.6 cm³/mol. The number of nitrogen functional groups attached to an aromatic ring is 1. The van der Waals surface area contributed by atoms with E-state index in [1.165, 1.54) is 12.1 Å². The SMILES string of the molecule is CC(C)[C@H](NC(=S)c1cc(N)ccc1O)C(=O)O. The average Bonchev–Trinajstić information content (AvgIpc) is 2.28. The Bertz CT molecular complexity index is 474. The summed E-state index contributed by atoms with van der Waals surface area (Å²) < 4.78 is 0. The molecule has 18 heavy (non-hydrogen) atoms. The molecule has 1 aromatic rings. The number of aliphatic carboxylic acids is 1. The molecule has 0 heterocycles. The second-order valence-corrected chi connectivity index (χ2v) is 4.72.